The number of hydrogen-bond donors (Lipinski definition) is 3. The Morgan fingerprint density at radius 2 is 2.06 bits per heavy atom. The lowest BCUT2D eigenvalue weighted by molar-refractivity contribution is 0.152. The van der Waals surface area contributed by atoms with Gasteiger partial charge in [-0.2, -0.15) is 9.67 Å². The van der Waals surface area contributed by atoms with Crippen molar-refractivity contribution in [3.8, 4) is 5.69 Å². The summed E-state index contributed by atoms with van der Waals surface area (Å²) in [5, 5.41) is 22.8. The van der Waals surface area contributed by atoms with Crippen LogP contribution in [0.3, 0.4) is 0 Å². The van der Waals surface area contributed by atoms with E-state index in [-0.39, 0.29) is 0 Å². The third-order valence-corrected chi connectivity index (χ3v) is 5.33. The zero-order chi connectivity index (χ0) is 21.5. The maximum atomic E-state index is 7.71. The van der Waals surface area contributed by atoms with Gasteiger partial charge in [0.1, 0.15) is 0 Å². The van der Waals surface area contributed by atoms with Crippen molar-refractivity contribution < 1.29 is 4.74 Å². The summed E-state index contributed by atoms with van der Waals surface area (Å²) in [6.45, 7) is 4.00. The van der Waals surface area contributed by atoms with E-state index in [1.165, 1.54) is 19.1 Å². The molecule has 9 heteroatoms. The number of allylic oxidation sites excluding steroid dienone is 1. The first kappa shape index (κ1) is 20.9. The second-order valence-electron chi connectivity index (χ2n) is 7.47. The van der Waals surface area contributed by atoms with Crippen LogP contribution in [0.2, 0.25) is 0 Å². The minimum absolute atomic E-state index is 0.439. The summed E-state index contributed by atoms with van der Waals surface area (Å²) >= 11 is 0. The molecule has 162 valence electrons. The monoisotopic (exact) mass is 420 g/mol. The first-order valence-electron chi connectivity index (χ1n) is 10.8. The Hall–Kier alpha value is -3.33. The highest BCUT2D eigenvalue weighted by molar-refractivity contribution is 6.08. The van der Waals surface area contributed by atoms with Crippen LogP contribution < -0.4 is 10.6 Å². The van der Waals surface area contributed by atoms with Gasteiger partial charge in [0.2, 0.25) is 5.95 Å². The number of fused-ring (bicyclic) bond motifs is 1. The Bertz CT molecular complexity index is 1040. The first-order valence-corrected chi connectivity index (χ1v) is 10.8. The third kappa shape index (κ3) is 5.05. The Morgan fingerprint density at radius 1 is 1.26 bits per heavy atom. The normalized spacial score (nSPS) is 14.8. The molecule has 31 heavy (non-hydrogen) atoms. The van der Waals surface area contributed by atoms with E-state index in [0.717, 1.165) is 29.7 Å². The van der Waals surface area contributed by atoms with E-state index in [9.17, 15) is 0 Å². The van der Waals surface area contributed by atoms with Gasteiger partial charge in [-0.15, -0.1) is 5.10 Å². The molecule has 0 aliphatic heterocycles. The van der Waals surface area contributed by atoms with Crippen LogP contribution in [0, 0.1) is 5.41 Å². The van der Waals surface area contributed by atoms with Crippen molar-refractivity contribution in [1.82, 2.24) is 30.3 Å². The molecule has 0 atom stereocenters. The molecular formula is C22H28N8O. The molecule has 0 unspecified atom stereocenters. The van der Waals surface area contributed by atoms with E-state index >= 15 is 0 Å². The third-order valence-electron chi connectivity index (χ3n) is 5.33. The SMILES string of the molecule is CCOCCN/C=C(\C=N)c1ccc(-n2nnc3cnc(NC4CCCC4)nc32)cc1. The Balaban J connectivity index is 1.51. The number of ether oxygens (including phenoxy) is 1. The Morgan fingerprint density at radius 3 is 2.81 bits per heavy atom. The van der Waals surface area contributed by atoms with Crippen LogP contribution in [-0.4, -0.2) is 57.0 Å². The number of benzene rings is 1. The summed E-state index contributed by atoms with van der Waals surface area (Å²) in [6, 6.07) is 8.26. The zero-order valence-corrected chi connectivity index (χ0v) is 17.7. The second kappa shape index (κ2) is 10.1. The topological polar surface area (TPSA) is 114 Å². The van der Waals surface area contributed by atoms with Crippen LogP contribution in [0.5, 0.6) is 0 Å². The van der Waals surface area contributed by atoms with Crippen LogP contribution in [0.1, 0.15) is 38.2 Å². The molecule has 9 nitrogen and oxygen atoms in total. The van der Waals surface area contributed by atoms with E-state index < -0.39 is 0 Å². The summed E-state index contributed by atoms with van der Waals surface area (Å²) in [5.74, 6) is 0.617. The number of nitrogens with zero attached hydrogens (tertiary/aromatic N) is 5. The fourth-order valence-corrected chi connectivity index (χ4v) is 3.69. The molecule has 1 fully saturated rings. The van der Waals surface area contributed by atoms with Crippen molar-refractivity contribution >= 4 is 28.9 Å². The molecule has 0 spiro atoms. The van der Waals surface area contributed by atoms with Gasteiger partial charge in [-0.05, 0) is 37.5 Å². The molecule has 3 N–H and O–H groups in total. The van der Waals surface area contributed by atoms with Gasteiger partial charge in [-0.1, -0.05) is 30.2 Å². The lowest BCUT2D eigenvalue weighted by Gasteiger charge is -2.11. The van der Waals surface area contributed by atoms with Crippen LogP contribution in [0.15, 0.2) is 36.7 Å². The van der Waals surface area contributed by atoms with E-state index in [4.69, 9.17) is 10.1 Å². The first-order chi connectivity index (χ1) is 15.3. The van der Waals surface area contributed by atoms with Gasteiger partial charge in [0.05, 0.1) is 18.5 Å². The highest BCUT2D eigenvalue weighted by atomic mass is 16.5. The van der Waals surface area contributed by atoms with Gasteiger partial charge >= 0.3 is 0 Å². The van der Waals surface area contributed by atoms with Gasteiger partial charge in [0, 0.05) is 37.2 Å². The predicted molar refractivity (Wildman–Crippen MR) is 122 cm³/mol. The largest absolute Gasteiger partial charge is 0.388 e. The van der Waals surface area contributed by atoms with Gasteiger partial charge in [0.15, 0.2) is 11.2 Å². The maximum Gasteiger partial charge on any atom is 0.225 e. The molecule has 1 saturated carbocycles. The molecule has 1 aliphatic rings. The molecule has 0 amide bonds. The van der Waals surface area contributed by atoms with Crippen LogP contribution in [0.4, 0.5) is 5.95 Å². The number of anilines is 1. The van der Waals surface area contributed by atoms with Crippen LogP contribution >= 0.6 is 0 Å². The molecule has 0 bridgehead atoms. The van der Waals surface area contributed by atoms with Crippen LogP contribution in [0.25, 0.3) is 22.4 Å². The van der Waals surface area contributed by atoms with E-state index in [1.54, 1.807) is 10.9 Å². The summed E-state index contributed by atoms with van der Waals surface area (Å²) in [6.07, 6.45) is 9.69. The van der Waals surface area contributed by atoms with E-state index in [0.29, 0.717) is 42.9 Å². The summed E-state index contributed by atoms with van der Waals surface area (Å²) in [7, 11) is 0. The summed E-state index contributed by atoms with van der Waals surface area (Å²) in [4.78, 5) is 9.05. The minimum Gasteiger partial charge on any atom is -0.388 e. The van der Waals surface area contributed by atoms with Gasteiger partial charge in [-0.3, -0.25) is 0 Å². The molecule has 4 rings (SSSR count). The average molecular weight is 421 g/mol. The average Bonchev–Trinajstić information content (AvgIpc) is 3.46. The van der Waals surface area contributed by atoms with Crippen LogP contribution in [-0.2, 0) is 4.74 Å². The quantitative estimate of drug-likeness (QED) is 0.341. The van der Waals surface area contributed by atoms with Gasteiger partial charge in [0.25, 0.3) is 0 Å². The maximum absolute atomic E-state index is 7.71. The highest BCUT2D eigenvalue weighted by Gasteiger charge is 2.17. The molecule has 0 radical (unpaired) electrons. The van der Waals surface area contributed by atoms with E-state index in [2.05, 4.69) is 30.9 Å². The fourth-order valence-electron chi connectivity index (χ4n) is 3.69. The molecule has 3 aromatic rings. The van der Waals surface area contributed by atoms with Crippen molar-refractivity contribution in [2.45, 2.75) is 38.6 Å². The lowest BCUT2D eigenvalue weighted by atomic mass is 10.1. The lowest BCUT2D eigenvalue weighted by Crippen LogP contribution is -2.16. The fraction of sp³-hybridized carbons (Fsp3) is 0.409. The molecule has 2 heterocycles. The van der Waals surface area contributed by atoms with Crippen molar-refractivity contribution in [2.75, 3.05) is 25.1 Å². The molecule has 2 aromatic heterocycles. The molecule has 1 aliphatic carbocycles. The molecule has 1 aromatic carbocycles. The predicted octanol–water partition coefficient (Wildman–Crippen LogP) is 3.18. The highest BCUT2D eigenvalue weighted by Crippen LogP contribution is 2.22. The smallest absolute Gasteiger partial charge is 0.225 e. The molecule has 0 saturated heterocycles. The van der Waals surface area contributed by atoms with E-state index in [1.807, 2.05) is 37.4 Å². The molecular weight excluding hydrogens is 392 g/mol. The van der Waals surface area contributed by atoms with Gasteiger partial charge in [-0.25, -0.2) is 4.98 Å². The number of hydrogen-bond acceptors (Lipinski definition) is 8. The minimum atomic E-state index is 0.439. The Labute approximate surface area is 181 Å². The summed E-state index contributed by atoms with van der Waals surface area (Å²) < 4.78 is 7.03. The Kier molecular flexibility index (Phi) is 6.83. The second-order valence-corrected chi connectivity index (χ2v) is 7.47. The van der Waals surface area contributed by atoms with Crippen molar-refractivity contribution in [1.29, 1.82) is 5.41 Å². The van der Waals surface area contributed by atoms with Gasteiger partial charge < -0.3 is 20.8 Å². The van der Waals surface area contributed by atoms with Crippen molar-refractivity contribution in [2.24, 2.45) is 0 Å². The van der Waals surface area contributed by atoms with Crippen molar-refractivity contribution in [3.63, 3.8) is 0 Å². The standard InChI is InChI=1S/C22H28N8O/c1-2-31-12-11-24-14-17(13-23)16-7-9-19(10-8-16)30-21-20(28-29-30)15-25-22(27-21)26-18-5-3-4-6-18/h7-10,13-15,18,23-24H,2-6,11-12H2,1H3,(H,25,26,27)/b17-14+,23-13?. The summed E-state index contributed by atoms with van der Waals surface area (Å²) in [5.41, 5.74) is 3.90. The number of aromatic nitrogens is 5. The number of rotatable bonds is 10. The zero-order valence-electron chi connectivity index (χ0n) is 17.7. The van der Waals surface area contributed by atoms with Crippen molar-refractivity contribution in [3.05, 3.63) is 42.2 Å². The number of nitrogens with one attached hydrogen (secondary N) is 3.